The van der Waals surface area contributed by atoms with Crippen LogP contribution in [0.1, 0.15) is 24.2 Å². The van der Waals surface area contributed by atoms with Crippen LogP contribution in [0, 0.1) is 10.1 Å². The number of para-hydroxylation sites is 2. The number of nitrogens with zero attached hydrogens (tertiary/aromatic N) is 2. The van der Waals surface area contributed by atoms with Gasteiger partial charge >= 0.3 is 0 Å². The SMILES string of the molecule is CC(=O)c1ccc(N2CC[NH+]([C@@H](C)C(=O)Nc3ccccc3[N+](=O)[O-])CC2)cc1. The Kier molecular flexibility index (Phi) is 6.23. The first-order valence-corrected chi connectivity index (χ1v) is 9.61. The van der Waals surface area contributed by atoms with Gasteiger partial charge in [0.05, 0.1) is 31.1 Å². The van der Waals surface area contributed by atoms with Gasteiger partial charge in [-0.05, 0) is 44.2 Å². The Morgan fingerprint density at radius 1 is 1.10 bits per heavy atom. The van der Waals surface area contributed by atoms with Crippen molar-refractivity contribution in [3.05, 3.63) is 64.2 Å². The van der Waals surface area contributed by atoms with E-state index in [-0.39, 0.29) is 29.1 Å². The third-order valence-corrected chi connectivity index (χ3v) is 5.41. The highest BCUT2D eigenvalue weighted by molar-refractivity contribution is 5.95. The van der Waals surface area contributed by atoms with Crippen molar-refractivity contribution in [3.8, 4) is 0 Å². The second-order valence-corrected chi connectivity index (χ2v) is 7.23. The third-order valence-electron chi connectivity index (χ3n) is 5.41. The Morgan fingerprint density at radius 2 is 1.72 bits per heavy atom. The highest BCUT2D eigenvalue weighted by Crippen LogP contribution is 2.23. The quantitative estimate of drug-likeness (QED) is 0.438. The fraction of sp³-hybridized carbons (Fsp3) is 0.333. The van der Waals surface area contributed by atoms with Gasteiger partial charge in [0.1, 0.15) is 5.69 Å². The van der Waals surface area contributed by atoms with E-state index in [4.69, 9.17) is 0 Å². The summed E-state index contributed by atoms with van der Waals surface area (Å²) in [7, 11) is 0. The number of nitro groups is 1. The molecule has 1 atom stereocenters. The van der Waals surface area contributed by atoms with Gasteiger partial charge in [-0.1, -0.05) is 12.1 Å². The maximum Gasteiger partial charge on any atom is 0.292 e. The number of rotatable bonds is 6. The fourth-order valence-corrected chi connectivity index (χ4v) is 3.56. The van der Waals surface area contributed by atoms with E-state index in [2.05, 4.69) is 10.2 Å². The molecule has 2 aromatic rings. The molecule has 1 heterocycles. The van der Waals surface area contributed by atoms with E-state index in [1.54, 1.807) is 25.1 Å². The summed E-state index contributed by atoms with van der Waals surface area (Å²) >= 11 is 0. The molecule has 1 aliphatic rings. The Morgan fingerprint density at radius 3 is 2.31 bits per heavy atom. The first kappa shape index (κ1) is 20.5. The number of anilines is 2. The summed E-state index contributed by atoms with van der Waals surface area (Å²) in [4.78, 5) is 38.1. The van der Waals surface area contributed by atoms with Gasteiger partial charge in [0.15, 0.2) is 11.8 Å². The van der Waals surface area contributed by atoms with Crippen LogP contribution in [0.3, 0.4) is 0 Å². The molecular weight excluding hydrogens is 372 g/mol. The van der Waals surface area contributed by atoms with Gasteiger partial charge in [-0.15, -0.1) is 0 Å². The number of quaternary nitrogens is 1. The highest BCUT2D eigenvalue weighted by atomic mass is 16.6. The fourth-order valence-electron chi connectivity index (χ4n) is 3.56. The van der Waals surface area contributed by atoms with E-state index in [1.165, 1.54) is 6.07 Å². The standard InChI is InChI=1S/C21H24N4O4/c1-15(21(27)22-19-5-3-4-6-20(19)25(28)29)23-11-13-24(14-12-23)18-9-7-17(8-10-18)16(2)26/h3-10,15H,11-14H2,1-2H3,(H,22,27)/p+1/t15-/m0/s1. The first-order chi connectivity index (χ1) is 13.9. The molecule has 0 unspecified atom stereocenters. The van der Waals surface area contributed by atoms with Crippen molar-refractivity contribution >= 4 is 28.8 Å². The van der Waals surface area contributed by atoms with E-state index >= 15 is 0 Å². The number of hydrogen-bond donors (Lipinski definition) is 2. The number of hydrogen-bond acceptors (Lipinski definition) is 5. The zero-order chi connectivity index (χ0) is 21.0. The minimum Gasteiger partial charge on any atom is -0.360 e. The maximum absolute atomic E-state index is 12.6. The molecule has 0 saturated carbocycles. The van der Waals surface area contributed by atoms with E-state index < -0.39 is 4.92 Å². The van der Waals surface area contributed by atoms with E-state index in [9.17, 15) is 19.7 Å². The van der Waals surface area contributed by atoms with Crippen LogP contribution in [0.4, 0.5) is 17.1 Å². The van der Waals surface area contributed by atoms with Crippen LogP contribution in [0.25, 0.3) is 0 Å². The lowest BCUT2D eigenvalue weighted by molar-refractivity contribution is -0.914. The van der Waals surface area contributed by atoms with Crippen molar-refractivity contribution in [2.24, 2.45) is 0 Å². The summed E-state index contributed by atoms with van der Waals surface area (Å²) in [5.74, 6) is -0.183. The number of piperazine rings is 1. The molecule has 1 aliphatic heterocycles. The molecule has 3 rings (SSSR count). The predicted molar refractivity (Wildman–Crippen MR) is 111 cm³/mol. The molecule has 2 aromatic carbocycles. The molecule has 1 saturated heterocycles. The molecule has 8 heteroatoms. The molecule has 8 nitrogen and oxygen atoms in total. The van der Waals surface area contributed by atoms with Gasteiger partial charge < -0.3 is 15.1 Å². The number of amides is 1. The summed E-state index contributed by atoms with van der Waals surface area (Å²) in [6.07, 6.45) is 0. The Balaban J connectivity index is 1.58. The summed E-state index contributed by atoms with van der Waals surface area (Å²) in [6, 6.07) is 13.4. The second-order valence-electron chi connectivity index (χ2n) is 7.23. The second kappa shape index (κ2) is 8.83. The van der Waals surface area contributed by atoms with Crippen LogP contribution in [0.5, 0.6) is 0 Å². The number of carbonyl (C=O) groups is 2. The molecule has 1 fully saturated rings. The van der Waals surface area contributed by atoms with Crippen molar-refractivity contribution in [1.29, 1.82) is 0 Å². The lowest BCUT2D eigenvalue weighted by atomic mass is 10.1. The molecule has 0 bridgehead atoms. The van der Waals surface area contributed by atoms with Crippen LogP contribution in [-0.4, -0.2) is 48.8 Å². The molecule has 29 heavy (non-hydrogen) atoms. The van der Waals surface area contributed by atoms with Crippen molar-refractivity contribution in [1.82, 2.24) is 0 Å². The van der Waals surface area contributed by atoms with Crippen molar-refractivity contribution in [2.45, 2.75) is 19.9 Å². The van der Waals surface area contributed by atoms with Crippen LogP contribution in [0.2, 0.25) is 0 Å². The monoisotopic (exact) mass is 397 g/mol. The molecule has 0 aromatic heterocycles. The zero-order valence-electron chi connectivity index (χ0n) is 16.6. The molecule has 152 valence electrons. The molecular formula is C21H25N4O4+. The average Bonchev–Trinajstić information content (AvgIpc) is 2.73. The number of nitro benzene ring substituents is 1. The third kappa shape index (κ3) is 4.78. The van der Waals surface area contributed by atoms with Gasteiger partial charge in [0, 0.05) is 17.3 Å². The smallest absolute Gasteiger partial charge is 0.292 e. The van der Waals surface area contributed by atoms with E-state index in [0.29, 0.717) is 5.56 Å². The molecule has 0 spiro atoms. The number of Topliss-reactive ketones (excluding diaryl/α,β-unsaturated/α-hetero) is 1. The topological polar surface area (TPSA) is 97.0 Å². The zero-order valence-corrected chi connectivity index (χ0v) is 16.6. The van der Waals surface area contributed by atoms with Crippen LogP contribution >= 0.6 is 0 Å². The summed E-state index contributed by atoms with van der Waals surface area (Å²) in [5, 5.41) is 13.8. The minimum absolute atomic E-state index is 0.0457. The number of nitrogens with one attached hydrogen (secondary N) is 2. The van der Waals surface area contributed by atoms with Gasteiger partial charge in [0.25, 0.3) is 11.6 Å². The summed E-state index contributed by atoms with van der Waals surface area (Å²) in [6.45, 7) is 6.53. The Hall–Kier alpha value is -3.26. The van der Waals surface area contributed by atoms with Gasteiger partial charge in [-0.3, -0.25) is 19.7 Å². The molecule has 0 radical (unpaired) electrons. The lowest BCUT2D eigenvalue weighted by Gasteiger charge is -2.36. The first-order valence-electron chi connectivity index (χ1n) is 9.61. The Bertz CT molecular complexity index is 905. The van der Waals surface area contributed by atoms with Crippen LogP contribution < -0.4 is 15.1 Å². The predicted octanol–water partition coefficient (Wildman–Crippen LogP) is 1.53. The number of benzene rings is 2. The number of ketones is 1. The van der Waals surface area contributed by atoms with E-state index in [1.807, 2.05) is 31.2 Å². The molecule has 1 amide bonds. The molecule has 2 N–H and O–H groups in total. The normalized spacial score (nSPS) is 15.6. The van der Waals surface area contributed by atoms with Crippen LogP contribution in [0.15, 0.2) is 48.5 Å². The summed E-state index contributed by atoms with van der Waals surface area (Å²) < 4.78 is 0. The number of carbonyl (C=O) groups excluding carboxylic acids is 2. The van der Waals surface area contributed by atoms with Gasteiger partial charge in [-0.2, -0.15) is 0 Å². The van der Waals surface area contributed by atoms with Gasteiger partial charge in [-0.25, -0.2) is 0 Å². The lowest BCUT2D eigenvalue weighted by Crippen LogP contribution is -3.19. The van der Waals surface area contributed by atoms with Crippen molar-refractivity contribution in [3.63, 3.8) is 0 Å². The average molecular weight is 397 g/mol. The largest absolute Gasteiger partial charge is 0.360 e. The van der Waals surface area contributed by atoms with Gasteiger partial charge in [0.2, 0.25) is 0 Å². The van der Waals surface area contributed by atoms with Crippen LogP contribution in [-0.2, 0) is 4.79 Å². The van der Waals surface area contributed by atoms with E-state index in [0.717, 1.165) is 36.8 Å². The van der Waals surface area contributed by atoms with Crippen molar-refractivity contribution < 1.29 is 19.4 Å². The highest BCUT2D eigenvalue weighted by Gasteiger charge is 2.30. The summed E-state index contributed by atoms with van der Waals surface area (Å²) in [5.41, 5.74) is 1.86. The minimum atomic E-state index is -0.497. The molecule has 0 aliphatic carbocycles. The van der Waals surface area contributed by atoms with Crippen molar-refractivity contribution in [2.75, 3.05) is 36.4 Å². The Labute approximate surface area is 169 Å². The maximum atomic E-state index is 12.6.